The first-order valence-electron chi connectivity index (χ1n) is 6.54. The average molecular weight is 255 g/mol. The topological polar surface area (TPSA) is 72.9 Å². The summed E-state index contributed by atoms with van der Waals surface area (Å²) in [5.41, 5.74) is 0. The van der Waals surface area contributed by atoms with Crippen LogP contribution in [0.3, 0.4) is 0 Å². The Morgan fingerprint density at radius 1 is 1.28 bits per heavy atom. The molecule has 0 radical (unpaired) electrons. The molecule has 6 heteroatoms. The molecule has 0 aliphatic carbocycles. The van der Waals surface area contributed by atoms with Gasteiger partial charge in [0.05, 0.1) is 6.42 Å². The summed E-state index contributed by atoms with van der Waals surface area (Å²) >= 11 is 0. The van der Waals surface area contributed by atoms with Gasteiger partial charge >= 0.3 is 12.0 Å². The molecule has 2 fully saturated rings. The minimum Gasteiger partial charge on any atom is -0.481 e. The van der Waals surface area contributed by atoms with Crippen molar-refractivity contribution < 1.29 is 14.7 Å². The number of hydrogen-bond acceptors (Lipinski definition) is 3. The maximum absolute atomic E-state index is 11.9. The number of amides is 2. The second kappa shape index (κ2) is 5.56. The predicted molar refractivity (Wildman–Crippen MR) is 66.4 cm³/mol. The number of rotatable bonds is 3. The summed E-state index contributed by atoms with van der Waals surface area (Å²) < 4.78 is 0. The lowest BCUT2D eigenvalue weighted by atomic mass is 10.1. The van der Waals surface area contributed by atoms with Crippen LogP contribution in [-0.4, -0.2) is 65.7 Å². The molecule has 18 heavy (non-hydrogen) atoms. The van der Waals surface area contributed by atoms with E-state index in [0.29, 0.717) is 12.1 Å². The summed E-state index contributed by atoms with van der Waals surface area (Å²) in [5, 5.41) is 11.2. The van der Waals surface area contributed by atoms with Gasteiger partial charge in [0.2, 0.25) is 0 Å². The summed E-state index contributed by atoms with van der Waals surface area (Å²) in [5.74, 6) is -0.884. The zero-order valence-corrected chi connectivity index (χ0v) is 10.8. The highest BCUT2D eigenvalue weighted by Gasteiger charge is 2.35. The van der Waals surface area contributed by atoms with Gasteiger partial charge in [-0.3, -0.25) is 9.69 Å². The molecule has 102 valence electrons. The maximum Gasteiger partial charge on any atom is 0.317 e. The van der Waals surface area contributed by atoms with Crippen molar-refractivity contribution in [2.45, 2.75) is 37.8 Å². The fourth-order valence-corrected chi connectivity index (χ4v) is 2.88. The van der Waals surface area contributed by atoms with Crippen molar-refractivity contribution in [3.63, 3.8) is 0 Å². The molecule has 2 amide bonds. The van der Waals surface area contributed by atoms with Crippen LogP contribution >= 0.6 is 0 Å². The van der Waals surface area contributed by atoms with Crippen LogP contribution in [0.25, 0.3) is 0 Å². The van der Waals surface area contributed by atoms with E-state index in [1.54, 1.807) is 0 Å². The molecule has 2 N–H and O–H groups in total. The van der Waals surface area contributed by atoms with Crippen LogP contribution in [0.4, 0.5) is 4.79 Å². The SMILES string of the molecule is CN1C2CCC1CN(C(=O)NCCC(=O)O)CC2. The molecule has 2 aliphatic heterocycles. The molecule has 0 saturated carbocycles. The Labute approximate surface area is 107 Å². The first kappa shape index (κ1) is 13.1. The zero-order chi connectivity index (χ0) is 13.1. The minimum absolute atomic E-state index is 0.0223. The van der Waals surface area contributed by atoms with Gasteiger partial charge in [-0.1, -0.05) is 0 Å². The zero-order valence-electron chi connectivity index (χ0n) is 10.8. The molecule has 2 unspecified atom stereocenters. The number of carbonyl (C=O) groups is 2. The number of likely N-dealkylation sites (tertiary alicyclic amines) is 1. The number of carboxylic acid groups (broad SMARTS) is 1. The van der Waals surface area contributed by atoms with Gasteiger partial charge in [0.15, 0.2) is 0 Å². The standard InChI is InChI=1S/C12H21N3O3/c1-14-9-2-3-10(14)8-15(7-5-9)12(18)13-6-4-11(16)17/h9-10H,2-8H2,1H3,(H,13,18)(H,16,17). The lowest BCUT2D eigenvalue weighted by molar-refractivity contribution is -0.136. The van der Waals surface area contributed by atoms with Crippen LogP contribution in [0.15, 0.2) is 0 Å². The van der Waals surface area contributed by atoms with Gasteiger partial charge in [-0.2, -0.15) is 0 Å². The molecular weight excluding hydrogens is 234 g/mol. The van der Waals surface area contributed by atoms with Gasteiger partial charge in [-0.15, -0.1) is 0 Å². The van der Waals surface area contributed by atoms with Crippen LogP contribution < -0.4 is 5.32 Å². The lowest BCUT2D eigenvalue weighted by Gasteiger charge is -2.25. The maximum atomic E-state index is 11.9. The average Bonchev–Trinajstić information content (AvgIpc) is 2.52. The normalized spacial score (nSPS) is 27.9. The Hall–Kier alpha value is -1.30. The largest absolute Gasteiger partial charge is 0.481 e. The highest BCUT2D eigenvalue weighted by Crippen LogP contribution is 2.28. The van der Waals surface area contributed by atoms with Crippen molar-refractivity contribution in [1.29, 1.82) is 0 Å². The Morgan fingerprint density at radius 2 is 2.00 bits per heavy atom. The first-order valence-corrected chi connectivity index (χ1v) is 6.54. The van der Waals surface area contributed by atoms with Crippen LogP contribution in [0.2, 0.25) is 0 Å². The molecule has 0 aromatic carbocycles. The molecule has 2 aliphatic rings. The Bertz CT molecular complexity index is 335. The van der Waals surface area contributed by atoms with Crippen molar-refractivity contribution >= 4 is 12.0 Å². The third-order valence-corrected chi connectivity index (χ3v) is 4.05. The van der Waals surface area contributed by atoms with E-state index in [0.717, 1.165) is 25.9 Å². The number of carboxylic acids is 1. The summed E-state index contributed by atoms with van der Waals surface area (Å²) in [4.78, 5) is 26.5. The Balaban J connectivity index is 1.82. The summed E-state index contributed by atoms with van der Waals surface area (Å²) in [6.07, 6.45) is 3.38. The van der Waals surface area contributed by atoms with Gasteiger partial charge in [-0.05, 0) is 26.3 Å². The van der Waals surface area contributed by atoms with Gasteiger partial charge in [0.1, 0.15) is 0 Å². The fraction of sp³-hybridized carbons (Fsp3) is 0.833. The van der Waals surface area contributed by atoms with E-state index in [1.807, 2.05) is 4.90 Å². The van der Waals surface area contributed by atoms with Gasteiger partial charge in [0.25, 0.3) is 0 Å². The van der Waals surface area contributed by atoms with Crippen LogP contribution in [0.5, 0.6) is 0 Å². The smallest absolute Gasteiger partial charge is 0.317 e. The van der Waals surface area contributed by atoms with E-state index in [2.05, 4.69) is 17.3 Å². The second-order valence-electron chi connectivity index (χ2n) is 5.16. The van der Waals surface area contributed by atoms with E-state index in [1.165, 1.54) is 6.42 Å². The van der Waals surface area contributed by atoms with Crippen molar-refractivity contribution in [1.82, 2.24) is 15.1 Å². The quantitative estimate of drug-likeness (QED) is 0.762. The number of hydrogen-bond donors (Lipinski definition) is 2. The number of urea groups is 1. The highest BCUT2D eigenvalue weighted by molar-refractivity contribution is 5.75. The third-order valence-electron chi connectivity index (χ3n) is 4.05. The lowest BCUT2D eigenvalue weighted by Crippen LogP contribution is -2.45. The number of fused-ring (bicyclic) bond motifs is 2. The Kier molecular flexibility index (Phi) is 4.06. The number of likely N-dealkylation sites (N-methyl/N-ethyl adjacent to an activating group) is 1. The van der Waals surface area contributed by atoms with Crippen molar-refractivity contribution in [3.8, 4) is 0 Å². The highest BCUT2D eigenvalue weighted by atomic mass is 16.4. The number of nitrogens with zero attached hydrogens (tertiary/aromatic N) is 2. The van der Waals surface area contributed by atoms with E-state index < -0.39 is 5.97 Å². The monoisotopic (exact) mass is 255 g/mol. The fourth-order valence-electron chi connectivity index (χ4n) is 2.88. The molecule has 6 nitrogen and oxygen atoms in total. The molecule has 0 aromatic heterocycles. The number of carbonyl (C=O) groups excluding carboxylic acids is 1. The Morgan fingerprint density at radius 3 is 2.72 bits per heavy atom. The first-order chi connectivity index (χ1) is 8.58. The van der Waals surface area contributed by atoms with Crippen LogP contribution in [0, 0.1) is 0 Å². The molecular formula is C12H21N3O3. The van der Waals surface area contributed by atoms with Crippen molar-refractivity contribution in [3.05, 3.63) is 0 Å². The molecule has 0 aromatic rings. The van der Waals surface area contributed by atoms with E-state index in [-0.39, 0.29) is 19.0 Å². The van der Waals surface area contributed by atoms with E-state index in [9.17, 15) is 9.59 Å². The molecule has 2 rings (SSSR count). The summed E-state index contributed by atoms with van der Waals surface area (Å²) in [6.45, 7) is 1.73. The van der Waals surface area contributed by atoms with Crippen molar-refractivity contribution in [2.75, 3.05) is 26.7 Å². The van der Waals surface area contributed by atoms with E-state index in [4.69, 9.17) is 5.11 Å². The molecule has 2 bridgehead atoms. The number of nitrogens with one attached hydrogen (secondary N) is 1. The van der Waals surface area contributed by atoms with Gasteiger partial charge < -0.3 is 15.3 Å². The van der Waals surface area contributed by atoms with E-state index >= 15 is 0 Å². The van der Waals surface area contributed by atoms with Gasteiger partial charge in [-0.25, -0.2) is 4.79 Å². The summed E-state index contributed by atoms with van der Waals surface area (Å²) in [6, 6.07) is 0.937. The second-order valence-corrected chi connectivity index (χ2v) is 5.16. The van der Waals surface area contributed by atoms with Crippen LogP contribution in [0.1, 0.15) is 25.7 Å². The van der Waals surface area contributed by atoms with Crippen LogP contribution in [-0.2, 0) is 4.79 Å². The molecule has 2 heterocycles. The third kappa shape index (κ3) is 2.93. The molecule has 2 atom stereocenters. The van der Waals surface area contributed by atoms with Crippen molar-refractivity contribution in [2.24, 2.45) is 0 Å². The number of aliphatic carboxylic acids is 1. The minimum atomic E-state index is -0.884. The van der Waals surface area contributed by atoms with Gasteiger partial charge in [0, 0.05) is 31.7 Å². The summed E-state index contributed by atoms with van der Waals surface area (Å²) in [7, 11) is 2.13. The molecule has 0 spiro atoms. The molecule has 2 saturated heterocycles. The predicted octanol–water partition coefficient (Wildman–Crippen LogP) is 0.339.